The number of aromatic nitrogens is 1. The van der Waals surface area contributed by atoms with E-state index in [0.717, 1.165) is 20.3 Å². The molecule has 0 atom stereocenters. The molecule has 2 aromatic carbocycles. The summed E-state index contributed by atoms with van der Waals surface area (Å²) in [6, 6.07) is 17.5. The van der Waals surface area contributed by atoms with Crippen molar-refractivity contribution < 1.29 is 4.79 Å². The highest BCUT2D eigenvalue weighted by Gasteiger charge is 2.12. The molecule has 3 rings (SSSR count). The zero-order valence-electron chi connectivity index (χ0n) is 11.1. The third-order valence-electron chi connectivity index (χ3n) is 3.13. The first-order valence-corrected chi connectivity index (χ1v) is 8.28. The summed E-state index contributed by atoms with van der Waals surface area (Å²) < 4.78 is 1.01. The van der Waals surface area contributed by atoms with E-state index in [1.807, 2.05) is 54.6 Å². The molecule has 21 heavy (non-hydrogen) atoms. The lowest BCUT2D eigenvalue weighted by Gasteiger charge is -2.06. The average molecular weight is 358 g/mol. The van der Waals surface area contributed by atoms with Gasteiger partial charge in [0, 0.05) is 26.5 Å². The molecule has 0 amide bonds. The molecule has 0 aliphatic heterocycles. The number of carbonyl (C=O) groups is 1. The van der Waals surface area contributed by atoms with E-state index < -0.39 is 0 Å². The number of hydrogen-bond donors (Lipinski definition) is 0. The Morgan fingerprint density at radius 2 is 1.86 bits per heavy atom. The van der Waals surface area contributed by atoms with Gasteiger partial charge < -0.3 is 0 Å². The lowest BCUT2D eigenvalue weighted by molar-refractivity contribution is 0.102. The van der Waals surface area contributed by atoms with Crippen molar-refractivity contribution >= 4 is 44.4 Å². The largest absolute Gasteiger partial charge is 0.293 e. The maximum absolute atomic E-state index is 12.5. The number of pyridine rings is 1. The minimum absolute atomic E-state index is 0.0973. The molecular weight excluding hydrogens is 346 g/mol. The maximum Gasteiger partial charge on any atom is 0.175 e. The molecule has 1 heterocycles. The fourth-order valence-electron chi connectivity index (χ4n) is 2.11. The van der Waals surface area contributed by atoms with Gasteiger partial charge in [0.05, 0.1) is 11.3 Å². The van der Waals surface area contributed by atoms with Crippen molar-refractivity contribution in [3.05, 3.63) is 70.8 Å². The first-order chi connectivity index (χ1) is 10.3. The standard InChI is InChI=1S/C17H12BrNOS/c18-14-8-1-2-9-16(14)21-11-15(20)13-7-3-5-12-6-4-10-19-17(12)13/h1-10H,11H2. The molecule has 0 aliphatic rings. The quantitative estimate of drug-likeness (QED) is 0.487. The minimum atomic E-state index is 0.0973. The van der Waals surface area contributed by atoms with Crippen molar-refractivity contribution in [2.45, 2.75) is 4.90 Å². The van der Waals surface area contributed by atoms with E-state index in [-0.39, 0.29) is 5.78 Å². The Bertz CT molecular complexity index is 798. The van der Waals surface area contributed by atoms with Crippen LogP contribution in [0.15, 0.2) is 70.2 Å². The van der Waals surface area contributed by atoms with Gasteiger partial charge in [-0.2, -0.15) is 0 Å². The number of Topliss-reactive ketones (excluding diaryl/α,β-unsaturated/α-hetero) is 1. The van der Waals surface area contributed by atoms with Gasteiger partial charge in [0.25, 0.3) is 0 Å². The number of carbonyl (C=O) groups excluding carboxylic acids is 1. The van der Waals surface area contributed by atoms with Crippen molar-refractivity contribution in [3.63, 3.8) is 0 Å². The molecule has 0 radical (unpaired) electrons. The van der Waals surface area contributed by atoms with Crippen LogP contribution >= 0.6 is 27.7 Å². The second-order valence-electron chi connectivity index (χ2n) is 4.52. The Morgan fingerprint density at radius 1 is 1.05 bits per heavy atom. The average Bonchev–Trinajstić information content (AvgIpc) is 2.53. The molecule has 3 aromatic rings. The summed E-state index contributed by atoms with van der Waals surface area (Å²) in [5.41, 5.74) is 1.46. The molecule has 0 saturated heterocycles. The number of halogens is 1. The van der Waals surface area contributed by atoms with Crippen LogP contribution in [0.25, 0.3) is 10.9 Å². The van der Waals surface area contributed by atoms with Crippen LogP contribution in [0.3, 0.4) is 0 Å². The van der Waals surface area contributed by atoms with Crippen LogP contribution in [-0.4, -0.2) is 16.5 Å². The molecule has 0 unspecified atom stereocenters. The molecule has 0 N–H and O–H groups in total. The lowest BCUT2D eigenvalue weighted by Crippen LogP contribution is -2.04. The van der Waals surface area contributed by atoms with Crippen molar-refractivity contribution in [2.24, 2.45) is 0 Å². The van der Waals surface area contributed by atoms with E-state index in [0.29, 0.717) is 11.3 Å². The Kier molecular flexibility index (Phi) is 4.36. The first kappa shape index (κ1) is 14.3. The summed E-state index contributed by atoms with van der Waals surface area (Å²) in [5, 5.41) is 0.995. The van der Waals surface area contributed by atoms with E-state index in [1.54, 1.807) is 6.20 Å². The van der Waals surface area contributed by atoms with Crippen molar-refractivity contribution in [2.75, 3.05) is 5.75 Å². The number of rotatable bonds is 4. The summed E-state index contributed by atoms with van der Waals surface area (Å²) in [5.74, 6) is 0.498. The second-order valence-corrected chi connectivity index (χ2v) is 6.39. The van der Waals surface area contributed by atoms with Gasteiger partial charge in [-0.05, 0) is 40.2 Å². The normalized spacial score (nSPS) is 10.7. The van der Waals surface area contributed by atoms with Gasteiger partial charge in [0.1, 0.15) is 0 Å². The topological polar surface area (TPSA) is 30.0 Å². The van der Waals surface area contributed by atoms with Crippen molar-refractivity contribution in [1.29, 1.82) is 0 Å². The van der Waals surface area contributed by atoms with Crippen LogP contribution in [0.5, 0.6) is 0 Å². The van der Waals surface area contributed by atoms with Gasteiger partial charge in [-0.3, -0.25) is 9.78 Å². The van der Waals surface area contributed by atoms with Crippen LogP contribution in [0.2, 0.25) is 0 Å². The number of fused-ring (bicyclic) bond motifs is 1. The Morgan fingerprint density at radius 3 is 2.71 bits per heavy atom. The third kappa shape index (κ3) is 3.17. The zero-order valence-corrected chi connectivity index (χ0v) is 13.5. The fraction of sp³-hybridized carbons (Fsp3) is 0.0588. The number of benzene rings is 2. The first-order valence-electron chi connectivity index (χ1n) is 6.50. The van der Waals surface area contributed by atoms with E-state index in [1.165, 1.54) is 11.8 Å². The molecule has 1 aromatic heterocycles. The van der Waals surface area contributed by atoms with Crippen LogP contribution in [0, 0.1) is 0 Å². The Labute approximate surface area is 135 Å². The van der Waals surface area contributed by atoms with Crippen LogP contribution in [0.4, 0.5) is 0 Å². The Hall–Kier alpha value is -1.65. The summed E-state index contributed by atoms with van der Waals surface area (Å²) in [6.45, 7) is 0. The smallest absolute Gasteiger partial charge is 0.175 e. The summed E-state index contributed by atoms with van der Waals surface area (Å²) in [6.07, 6.45) is 1.72. The van der Waals surface area contributed by atoms with Crippen LogP contribution in [-0.2, 0) is 0 Å². The molecule has 4 heteroatoms. The maximum atomic E-state index is 12.5. The second kappa shape index (κ2) is 6.41. The van der Waals surface area contributed by atoms with E-state index in [4.69, 9.17) is 0 Å². The minimum Gasteiger partial charge on any atom is -0.293 e. The van der Waals surface area contributed by atoms with Crippen molar-refractivity contribution in [1.82, 2.24) is 4.98 Å². The predicted molar refractivity (Wildman–Crippen MR) is 90.9 cm³/mol. The number of ketones is 1. The zero-order chi connectivity index (χ0) is 14.7. The highest BCUT2D eigenvalue weighted by atomic mass is 79.9. The number of thioether (sulfide) groups is 1. The molecule has 104 valence electrons. The van der Waals surface area contributed by atoms with Crippen molar-refractivity contribution in [3.8, 4) is 0 Å². The fourth-order valence-corrected chi connectivity index (χ4v) is 3.56. The number of hydrogen-bond acceptors (Lipinski definition) is 3. The summed E-state index contributed by atoms with van der Waals surface area (Å²) >= 11 is 5.03. The summed E-state index contributed by atoms with van der Waals surface area (Å²) in [7, 11) is 0. The van der Waals surface area contributed by atoms with Gasteiger partial charge in [-0.15, -0.1) is 11.8 Å². The number of para-hydroxylation sites is 1. The Balaban J connectivity index is 1.83. The highest BCUT2D eigenvalue weighted by Crippen LogP contribution is 2.28. The van der Waals surface area contributed by atoms with Crippen LogP contribution in [0.1, 0.15) is 10.4 Å². The number of nitrogens with zero attached hydrogens (tertiary/aromatic N) is 1. The molecule has 0 saturated carbocycles. The molecule has 0 bridgehead atoms. The molecule has 0 spiro atoms. The SMILES string of the molecule is O=C(CSc1ccccc1Br)c1cccc2cccnc12. The molecule has 0 fully saturated rings. The van der Waals surface area contributed by atoms with Gasteiger partial charge in [-0.25, -0.2) is 0 Å². The monoisotopic (exact) mass is 357 g/mol. The third-order valence-corrected chi connectivity index (χ3v) is 5.16. The van der Waals surface area contributed by atoms with E-state index in [9.17, 15) is 4.79 Å². The van der Waals surface area contributed by atoms with Gasteiger partial charge in [0.2, 0.25) is 0 Å². The lowest BCUT2D eigenvalue weighted by atomic mass is 10.1. The van der Waals surface area contributed by atoms with Gasteiger partial charge in [-0.1, -0.05) is 30.3 Å². The van der Waals surface area contributed by atoms with Crippen LogP contribution < -0.4 is 0 Å². The molecular formula is C17H12BrNOS. The summed E-state index contributed by atoms with van der Waals surface area (Å²) in [4.78, 5) is 17.9. The highest BCUT2D eigenvalue weighted by molar-refractivity contribution is 9.10. The molecule has 0 aliphatic carbocycles. The van der Waals surface area contributed by atoms with E-state index >= 15 is 0 Å². The molecule has 2 nitrogen and oxygen atoms in total. The predicted octanol–water partition coefficient (Wildman–Crippen LogP) is 4.97. The van der Waals surface area contributed by atoms with Gasteiger partial charge in [0.15, 0.2) is 5.78 Å². The van der Waals surface area contributed by atoms with Gasteiger partial charge >= 0.3 is 0 Å². The van der Waals surface area contributed by atoms with E-state index in [2.05, 4.69) is 20.9 Å².